The number of carbonyl (C=O) groups excluding carboxylic acids is 1. The van der Waals surface area contributed by atoms with Gasteiger partial charge in [0, 0.05) is 23.7 Å². The number of rotatable bonds is 2. The molecule has 4 heterocycles. The molecule has 1 fully saturated rings. The molecule has 156 valence electrons. The van der Waals surface area contributed by atoms with E-state index >= 15 is 0 Å². The van der Waals surface area contributed by atoms with E-state index in [1.54, 1.807) is 11.1 Å². The number of hydrogen-bond acceptors (Lipinski definition) is 6. The number of nitrogens with zero attached hydrogens (tertiary/aromatic N) is 5. The van der Waals surface area contributed by atoms with Gasteiger partial charge in [0.25, 0.3) is 5.91 Å². The number of alkyl halides is 3. The van der Waals surface area contributed by atoms with Crippen LogP contribution in [0.3, 0.4) is 0 Å². The van der Waals surface area contributed by atoms with E-state index in [0.29, 0.717) is 18.2 Å². The van der Waals surface area contributed by atoms with Crippen molar-refractivity contribution >= 4 is 17.2 Å². The largest absolute Gasteiger partial charge is 0.416 e. The van der Waals surface area contributed by atoms with E-state index < -0.39 is 23.7 Å². The van der Waals surface area contributed by atoms with Gasteiger partial charge in [-0.15, -0.1) is 21.5 Å². The molecule has 7 nitrogen and oxygen atoms in total. The van der Waals surface area contributed by atoms with Gasteiger partial charge in [-0.3, -0.25) is 4.79 Å². The summed E-state index contributed by atoms with van der Waals surface area (Å²) in [6, 6.07) is 2.82. The van der Waals surface area contributed by atoms with Gasteiger partial charge < -0.3 is 14.2 Å². The van der Waals surface area contributed by atoms with E-state index in [2.05, 4.69) is 15.2 Å². The first-order chi connectivity index (χ1) is 14.4. The van der Waals surface area contributed by atoms with Gasteiger partial charge in [-0.05, 0) is 24.6 Å². The van der Waals surface area contributed by atoms with E-state index in [4.69, 9.17) is 4.74 Å². The Hall–Kier alpha value is -2.79. The summed E-state index contributed by atoms with van der Waals surface area (Å²) >= 11 is 1.44. The smallest absolute Gasteiger partial charge is 0.377 e. The number of ether oxygens (including phenoxy) is 1. The molecule has 2 aromatic heterocycles. The highest BCUT2D eigenvalue weighted by Gasteiger charge is 2.45. The SMILES string of the molecule is Cc1c(C(=O)N2C3COCC2c2nnc(-c4nccs4)n2C3)cccc1C(F)(F)F. The van der Waals surface area contributed by atoms with Gasteiger partial charge in [0.05, 0.1) is 24.8 Å². The molecule has 2 unspecified atom stereocenters. The van der Waals surface area contributed by atoms with Crippen molar-refractivity contribution in [3.05, 3.63) is 52.3 Å². The highest BCUT2D eigenvalue weighted by molar-refractivity contribution is 7.13. The summed E-state index contributed by atoms with van der Waals surface area (Å²) in [4.78, 5) is 19.3. The molecule has 0 saturated carbocycles. The minimum absolute atomic E-state index is 0.0369. The summed E-state index contributed by atoms with van der Waals surface area (Å²) in [6.07, 6.45) is -2.84. The highest BCUT2D eigenvalue weighted by Crippen LogP contribution is 2.38. The van der Waals surface area contributed by atoms with Crippen molar-refractivity contribution in [2.45, 2.75) is 31.7 Å². The fourth-order valence-corrected chi connectivity index (χ4v) is 4.76. The van der Waals surface area contributed by atoms with Crippen LogP contribution in [0.5, 0.6) is 0 Å². The molecule has 1 amide bonds. The Labute approximate surface area is 173 Å². The summed E-state index contributed by atoms with van der Waals surface area (Å²) in [5, 5.41) is 11.1. The predicted molar refractivity (Wildman–Crippen MR) is 101 cm³/mol. The molecule has 2 atom stereocenters. The van der Waals surface area contributed by atoms with Crippen molar-refractivity contribution < 1.29 is 22.7 Å². The zero-order chi connectivity index (χ0) is 21.0. The third-order valence-corrected chi connectivity index (χ3v) is 6.28. The molecule has 3 aromatic rings. The van der Waals surface area contributed by atoms with Crippen molar-refractivity contribution in [1.29, 1.82) is 0 Å². The average Bonchev–Trinajstić information content (AvgIpc) is 3.35. The molecular weight excluding hydrogens is 419 g/mol. The van der Waals surface area contributed by atoms with E-state index in [1.807, 2.05) is 9.95 Å². The second-order valence-corrected chi connectivity index (χ2v) is 8.12. The molecule has 0 N–H and O–H groups in total. The minimum Gasteiger partial charge on any atom is -0.377 e. The van der Waals surface area contributed by atoms with Crippen LogP contribution in [0.1, 0.15) is 33.4 Å². The van der Waals surface area contributed by atoms with Crippen LogP contribution >= 0.6 is 11.3 Å². The normalized spacial score (nSPS) is 20.9. The molecule has 0 spiro atoms. The summed E-state index contributed by atoms with van der Waals surface area (Å²) < 4.78 is 47.6. The Morgan fingerprint density at radius 2 is 2.10 bits per heavy atom. The Morgan fingerprint density at radius 1 is 1.27 bits per heavy atom. The van der Waals surface area contributed by atoms with Crippen LogP contribution in [-0.2, 0) is 17.5 Å². The number of hydrogen-bond donors (Lipinski definition) is 0. The molecule has 2 aliphatic heterocycles. The third-order valence-electron chi connectivity index (χ3n) is 5.51. The fourth-order valence-electron chi connectivity index (χ4n) is 4.14. The van der Waals surface area contributed by atoms with Crippen LogP contribution in [0.15, 0.2) is 29.8 Å². The van der Waals surface area contributed by atoms with E-state index in [0.717, 1.165) is 11.1 Å². The number of carbonyl (C=O) groups is 1. The minimum atomic E-state index is -4.52. The first kappa shape index (κ1) is 19.2. The lowest BCUT2D eigenvalue weighted by Gasteiger charge is -2.45. The first-order valence-corrected chi connectivity index (χ1v) is 10.1. The van der Waals surface area contributed by atoms with Crippen molar-refractivity contribution in [3.63, 3.8) is 0 Å². The fraction of sp³-hybridized carbons (Fsp3) is 0.368. The molecule has 1 saturated heterocycles. The van der Waals surface area contributed by atoms with E-state index in [1.165, 1.54) is 30.4 Å². The average molecular weight is 435 g/mol. The maximum absolute atomic E-state index is 13.4. The third kappa shape index (κ3) is 2.91. The van der Waals surface area contributed by atoms with Gasteiger partial charge in [0.1, 0.15) is 6.04 Å². The number of halogens is 3. The summed E-state index contributed by atoms with van der Waals surface area (Å²) in [7, 11) is 0. The predicted octanol–water partition coefficient (Wildman–Crippen LogP) is 3.32. The maximum atomic E-state index is 13.4. The van der Waals surface area contributed by atoms with Gasteiger partial charge >= 0.3 is 6.18 Å². The van der Waals surface area contributed by atoms with Gasteiger partial charge in [0.15, 0.2) is 16.7 Å². The van der Waals surface area contributed by atoms with Crippen LogP contribution in [0.25, 0.3) is 10.8 Å². The lowest BCUT2D eigenvalue weighted by molar-refractivity contribution is -0.138. The number of morpholine rings is 1. The second kappa shape index (κ2) is 6.88. The van der Waals surface area contributed by atoms with Crippen molar-refractivity contribution in [3.8, 4) is 10.8 Å². The highest BCUT2D eigenvalue weighted by atomic mass is 32.1. The van der Waals surface area contributed by atoms with Gasteiger partial charge in [-0.25, -0.2) is 4.98 Å². The maximum Gasteiger partial charge on any atom is 0.416 e. The standard InChI is InChI=1S/C19H16F3N5O2S/c1-10-12(3-2-4-13(10)19(20,21)22)18(28)27-11-7-26-15(14(27)9-29-8-11)24-25-16(26)17-23-5-6-30-17/h2-6,11,14H,7-9H2,1H3. The Balaban J connectivity index is 1.55. The number of amides is 1. The molecule has 1 aromatic carbocycles. The molecule has 5 rings (SSSR count). The lowest BCUT2D eigenvalue weighted by atomic mass is 9.97. The second-order valence-electron chi connectivity index (χ2n) is 7.23. The van der Waals surface area contributed by atoms with E-state index in [-0.39, 0.29) is 30.4 Å². The molecule has 2 aliphatic rings. The Morgan fingerprint density at radius 3 is 2.83 bits per heavy atom. The zero-order valence-corrected chi connectivity index (χ0v) is 16.6. The monoisotopic (exact) mass is 435 g/mol. The topological polar surface area (TPSA) is 73.1 Å². The number of aromatic nitrogens is 4. The van der Waals surface area contributed by atoms with Crippen LogP contribution in [0.2, 0.25) is 0 Å². The number of benzene rings is 1. The lowest BCUT2D eigenvalue weighted by Crippen LogP contribution is -2.56. The molecule has 11 heteroatoms. The van der Waals surface area contributed by atoms with Crippen molar-refractivity contribution in [2.24, 2.45) is 0 Å². The van der Waals surface area contributed by atoms with Crippen molar-refractivity contribution in [2.75, 3.05) is 13.2 Å². The summed E-state index contributed by atoms with van der Waals surface area (Å²) in [6.45, 7) is 2.21. The van der Waals surface area contributed by atoms with Crippen LogP contribution in [-0.4, -0.2) is 49.8 Å². The van der Waals surface area contributed by atoms with Crippen LogP contribution in [0, 0.1) is 6.92 Å². The quantitative estimate of drug-likeness (QED) is 0.618. The Kier molecular flexibility index (Phi) is 4.40. The van der Waals surface area contributed by atoms with Crippen molar-refractivity contribution in [1.82, 2.24) is 24.6 Å². The van der Waals surface area contributed by atoms with E-state index in [9.17, 15) is 18.0 Å². The number of thiazole rings is 1. The Bertz CT molecular complexity index is 1110. The first-order valence-electron chi connectivity index (χ1n) is 9.26. The molecule has 30 heavy (non-hydrogen) atoms. The molecule has 0 aliphatic carbocycles. The zero-order valence-electron chi connectivity index (χ0n) is 15.8. The summed E-state index contributed by atoms with van der Waals surface area (Å²) in [5.74, 6) is 0.718. The van der Waals surface area contributed by atoms with Gasteiger partial charge in [0.2, 0.25) is 0 Å². The molecular formula is C19H16F3N5O2S. The molecule has 0 radical (unpaired) electrons. The summed E-state index contributed by atoms with van der Waals surface area (Å²) in [5.41, 5.74) is -0.847. The van der Waals surface area contributed by atoms with Crippen LogP contribution < -0.4 is 0 Å². The van der Waals surface area contributed by atoms with Crippen LogP contribution in [0.4, 0.5) is 13.2 Å². The van der Waals surface area contributed by atoms with Gasteiger partial charge in [-0.2, -0.15) is 13.2 Å². The molecule has 2 bridgehead atoms. The van der Waals surface area contributed by atoms with Gasteiger partial charge in [-0.1, -0.05) is 6.07 Å². The number of fused-ring (bicyclic) bond motifs is 4.